The van der Waals surface area contributed by atoms with Crippen molar-refractivity contribution in [2.45, 2.75) is 6.54 Å². The molecule has 0 aliphatic rings. The highest BCUT2D eigenvalue weighted by Crippen LogP contribution is 2.24. The molecular weight excluding hydrogens is 275 g/mol. The Balaban J connectivity index is 1.80. The van der Waals surface area contributed by atoms with Crippen molar-refractivity contribution in [2.75, 3.05) is 6.61 Å². The molecule has 1 amide bonds. The molecular formula is C11H10ClFN4O2. The van der Waals surface area contributed by atoms with Crippen LogP contribution in [0.3, 0.4) is 0 Å². The lowest BCUT2D eigenvalue weighted by Gasteiger charge is -2.07. The number of H-pyrrole nitrogens is 1. The first-order valence-corrected chi connectivity index (χ1v) is 5.72. The predicted molar refractivity (Wildman–Crippen MR) is 65.1 cm³/mol. The van der Waals surface area contributed by atoms with Crippen molar-refractivity contribution in [1.82, 2.24) is 20.5 Å². The van der Waals surface area contributed by atoms with Gasteiger partial charge in [-0.1, -0.05) is 11.6 Å². The number of benzene rings is 1. The highest BCUT2D eigenvalue weighted by molar-refractivity contribution is 6.32. The zero-order chi connectivity index (χ0) is 13.7. The molecule has 0 atom stereocenters. The summed E-state index contributed by atoms with van der Waals surface area (Å²) in [6, 6.07) is 3.68. The molecule has 1 aromatic carbocycles. The van der Waals surface area contributed by atoms with E-state index in [9.17, 15) is 9.18 Å². The van der Waals surface area contributed by atoms with E-state index in [1.54, 1.807) is 0 Å². The fourth-order valence-corrected chi connectivity index (χ4v) is 1.51. The maximum absolute atomic E-state index is 12.8. The Morgan fingerprint density at radius 1 is 1.53 bits per heavy atom. The van der Waals surface area contributed by atoms with Gasteiger partial charge in [-0.2, -0.15) is 5.10 Å². The lowest BCUT2D eigenvalue weighted by atomic mass is 10.3. The van der Waals surface area contributed by atoms with Crippen LogP contribution in [-0.2, 0) is 11.3 Å². The first-order chi connectivity index (χ1) is 9.15. The smallest absolute Gasteiger partial charge is 0.258 e. The van der Waals surface area contributed by atoms with E-state index in [-0.39, 0.29) is 29.8 Å². The quantitative estimate of drug-likeness (QED) is 0.867. The van der Waals surface area contributed by atoms with Gasteiger partial charge in [0.25, 0.3) is 5.91 Å². The Kier molecular flexibility index (Phi) is 4.30. The summed E-state index contributed by atoms with van der Waals surface area (Å²) >= 11 is 5.75. The van der Waals surface area contributed by atoms with E-state index in [4.69, 9.17) is 16.3 Å². The van der Waals surface area contributed by atoms with Crippen molar-refractivity contribution < 1.29 is 13.9 Å². The summed E-state index contributed by atoms with van der Waals surface area (Å²) in [4.78, 5) is 15.3. The summed E-state index contributed by atoms with van der Waals surface area (Å²) in [7, 11) is 0. The molecule has 2 aromatic rings. The Morgan fingerprint density at radius 2 is 2.37 bits per heavy atom. The number of carbonyl (C=O) groups excluding carboxylic acids is 1. The second-order valence-electron chi connectivity index (χ2n) is 3.57. The standard InChI is InChI=1S/C11H10ClFN4O2/c12-8-3-7(13)1-2-9(8)19-5-11(18)14-4-10-15-6-16-17-10/h1-3,6H,4-5H2,(H,14,18)(H,15,16,17). The van der Waals surface area contributed by atoms with E-state index >= 15 is 0 Å². The molecule has 0 aliphatic carbocycles. The molecule has 2 rings (SSSR count). The van der Waals surface area contributed by atoms with E-state index in [1.807, 2.05) is 0 Å². The molecule has 100 valence electrons. The van der Waals surface area contributed by atoms with E-state index in [0.717, 1.165) is 6.07 Å². The Bertz CT molecular complexity index is 562. The van der Waals surface area contributed by atoms with Crippen LogP contribution in [0.25, 0.3) is 0 Å². The lowest BCUT2D eigenvalue weighted by molar-refractivity contribution is -0.123. The number of amides is 1. The number of aromatic amines is 1. The third kappa shape index (κ3) is 3.92. The van der Waals surface area contributed by atoms with Gasteiger partial charge in [-0.3, -0.25) is 9.89 Å². The fourth-order valence-electron chi connectivity index (χ4n) is 1.28. The van der Waals surface area contributed by atoms with Gasteiger partial charge >= 0.3 is 0 Å². The Labute approximate surface area is 112 Å². The Hall–Kier alpha value is -2.15. The second kappa shape index (κ2) is 6.14. The van der Waals surface area contributed by atoms with Crippen molar-refractivity contribution in [2.24, 2.45) is 0 Å². The topological polar surface area (TPSA) is 79.9 Å². The van der Waals surface area contributed by atoms with E-state index < -0.39 is 5.82 Å². The van der Waals surface area contributed by atoms with Crippen LogP contribution < -0.4 is 10.1 Å². The molecule has 19 heavy (non-hydrogen) atoms. The third-order valence-corrected chi connectivity index (χ3v) is 2.47. The molecule has 0 radical (unpaired) electrons. The van der Waals surface area contributed by atoms with Crippen molar-refractivity contribution in [3.8, 4) is 5.75 Å². The third-order valence-electron chi connectivity index (χ3n) is 2.17. The molecule has 1 heterocycles. The summed E-state index contributed by atoms with van der Waals surface area (Å²) in [6.07, 6.45) is 1.34. The number of rotatable bonds is 5. The van der Waals surface area contributed by atoms with Crippen LogP contribution in [0.5, 0.6) is 5.75 Å². The number of halogens is 2. The molecule has 0 bridgehead atoms. The van der Waals surface area contributed by atoms with Crippen molar-refractivity contribution >= 4 is 17.5 Å². The van der Waals surface area contributed by atoms with E-state index in [0.29, 0.717) is 5.82 Å². The van der Waals surface area contributed by atoms with Crippen molar-refractivity contribution in [3.05, 3.63) is 41.2 Å². The van der Waals surface area contributed by atoms with Gasteiger partial charge in [-0.05, 0) is 18.2 Å². The number of ether oxygens (including phenoxy) is 1. The number of nitrogens with zero attached hydrogens (tertiary/aromatic N) is 2. The zero-order valence-corrected chi connectivity index (χ0v) is 10.4. The summed E-state index contributed by atoms with van der Waals surface area (Å²) in [5.74, 6) is -0.0324. The molecule has 0 aliphatic heterocycles. The molecule has 2 N–H and O–H groups in total. The highest BCUT2D eigenvalue weighted by atomic mass is 35.5. The molecule has 0 fully saturated rings. The van der Waals surface area contributed by atoms with E-state index in [2.05, 4.69) is 20.5 Å². The lowest BCUT2D eigenvalue weighted by Crippen LogP contribution is -2.28. The molecule has 0 unspecified atom stereocenters. The highest BCUT2D eigenvalue weighted by Gasteiger charge is 2.07. The second-order valence-corrected chi connectivity index (χ2v) is 3.98. The van der Waals surface area contributed by atoms with Crippen molar-refractivity contribution in [3.63, 3.8) is 0 Å². The monoisotopic (exact) mass is 284 g/mol. The van der Waals surface area contributed by atoms with Crippen molar-refractivity contribution in [1.29, 1.82) is 0 Å². The van der Waals surface area contributed by atoms with Crippen LogP contribution in [-0.4, -0.2) is 27.7 Å². The summed E-state index contributed by atoms with van der Waals surface area (Å²) < 4.78 is 18.0. The largest absolute Gasteiger partial charge is 0.482 e. The number of aromatic nitrogens is 3. The van der Waals surface area contributed by atoms with Crippen LogP contribution in [0.1, 0.15) is 5.82 Å². The maximum atomic E-state index is 12.8. The van der Waals surface area contributed by atoms with Gasteiger partial charge in [0.15, 0.2) is 6.61 Å². The average molecular weight is 285 g/mol. The zero-order valence-electron chi connectivity index (χ0n) is 9.69. The van der Waals surface area contributed by atoms with Gasteiger partial charge in [0.05, 0.1) is 11.6 Å². The minimum absolute atomic E-state index is 0.114. The minimum Gasteiger partial charge on any atom is -0.482 e. The molecule has 0 saturated carbocycles. The fraction of sp³-hybridized carbons (Fsp3) is 0.182. The van der Waals surface area contributed by atoms with Crippen LogP contribution in [0, 0.1) is 5.82 Å². The van der Waals surface area contributed by atoms with Gasteiger partial charge in [0.1, 0.15) is 23.7 Å². The van der Waals surface area contributed by atoms with E-state index in [1.165, 1.54) is 18.5 Å². The van der Waals surface area contributed by atoms with Gasteiger partial charge in [0.2, 0.25) is 0 Å². The van der Waals surface area contributed by atoms with Crippen LogP contribution in [0.4, 0.5) is 4.39 Å². The minimum atomic E-state index is -0.466. The predicted octanol–water partition coefficient (Wildman–Crippen LogP) is 1.29. The first-order valence-electron chi connectivity index (χ1n) is 5.34. The first kappa shape index (κ1) is 13.3. The number of carbonyl (C=O) groups is 1. The van der Waals surface area contributed by atoms with Gasteiger partial charge < -0.3 is 10.1 Å². The Morgan fingerprint density at radius 3 is 3.05 bits per heavy atom. The SMILES string of the molecule is O=C(COc1ccc(F)cc1Cl)NCc1ncn[nH]1. The summed E-state index contributed by atoms with van der Waals surface area (Å²) in [6.45, 7) is -0.00116. The normalized spacial score (nSPS) is 10.2. The maximum Gasteiger partial charge on any atom is 0.258 e. The molecule has 8 heteroatoms. The van der Waals surface area contributed by atoms with Gasteiger partial charge in [0, 0.05) is 0 Å². The number of hydrogen-bond donors (Lipinski definition) is 2. The summed E-state index contributed by atoms with van der Waals surface area (Å²) in [5.41, 5.74) is 0. The molecule has 1 aromatic heterocycles. The molecule has 0 spiro atoms. The summed E-state index contributed by atoms with van der Waals surface area (Å²) in [5, 5.41) is 8.93. The van der Waals surface area contributed by atoms with Gasteiger partial charge in [-0.15, -0.1) is 0 Å². The van der Waals surface area contributed by atoms with Crippen LogP contribution >= 0.6 is 11.6 Å². The average Bonchev–Trinajstić information content (AvgIpc) is 2.88. The van der Waals surface area contributed by atoms with Crippen LogP contribution in [0.15, 0.2) is 24.5 Å². The van der Waals surface area contributed by atoms with Crippen LogP contribution in [0.2, 0.25) is 5.02 Å². The number of nitrogens with one attached hydrogen (secondary N) is 2. The van der Waals surface area contributed by atoms with Gasteiger partial charge in [-0.25, -0.2) is 9.37 Å². The number of hydrogen-bond acceptors (Lipinski definition) is 4. The molecule has 6 nitrogen and oxygen atoms in total. The molecule has 0 saturated heterocycles.